The lowest BCUT2D eigenvalue weighted by Gasteiger charge is -2.16. The highest BCUT2D eigenvalue weighted by atomic mass is 28.3. The number of carbonyl (C=O) groups excluding carboxylic acids is 1. The Labute approximate surface area is 315 Å². The molecule has 0 bridgehead atoms. The summed E-state index contributed by atoms with van der Waals surface area (Å²) in [6, 6.07) is 15.7. The fraction of sp³-hybridized carbons (Fsp3) is 0.436. The minimum atomic E-state index is -1.29. The molecular formula is C39H55N7O5Si2. The third kappa shape index (κ3) is 10.6. The Hall–Kier alpha value is -4.51. The Kier molecular flexibility index (Phi) is 12.8. The molecule has 5 rings (SSSR count). The van der Waals surface area contributed by atoms with Crippen LogP contribution in [-0.4, -0.2) is 79.6 Å². The summed E-state index contributed by atoms with van der Waals surface area (Å²) >= 11 is 0. The van der Waals surface area contributed by atoms with E-state index in [-0.39, 0.29) is 12.0 Å². The van der Waals surface area contributed by atoms with Crippen LogP contribution in [0.5, 0.6) is 11.6 Å². The minimum absolute atomic E-state index is 0.152. The maximum absolute atomic E-state index is 12.3. The van der Waals surface area contributed by atoms with Crippen LogP contribution in [0.3, 0.4) is 0 Å². The van der Waals surface area contributed by atoms with Crippen LogP contribution in [0, 0.1) is 0 Å². The first kappa shape index (κ1) is 39.7. The number of anilines is 2. The predicted molar refractivity (Wildman–Crippen MR) is 218 cm³/mol. The molecule has 12 nitrogen and oxygen atoms in total. The van der Waals surface area contributed by atoms with Crippen LogP contribution in [0.1, 0.15) is 24.2 Å². The molecule has 0 radical (unpaired) electrons. The lowest BCUT2D eigenvalue weighted by Crippen LogP contribution is -2.22. The monoisotopic (exact) mass is 757 g/mol. The molecule has 0 atom stereocenters. The number of rotatable bonds is 18. The van der Waals surface area contributed by atoms with E-state index in [1.54, 1.807) is 32.4 Å². The molecule has 2 N–H and O–H groups in total. The Morgan fingerprint density at radius 1 is 0.868 bits per heavy atom. The van der Waals surface area contributed by atoms with Crippen molar-refractivity contribution in [2.75, 3.05) is 32.7 Å². The molecular weight excluding hydrogens is 703 g/mol. The van der Waals surface area contributed by atoms with Gasteiger partial charge in [-0.15, -0.1) is 0 Å². The maximum atomic E-state index is 12.3. The Morgan fingerprint density at radius 2 is 1.51 bits per heavy atom. The van der Waals surface area contributed by atoms with Gasteiger partial charge in [0.25, 0.3) is 5.91 Å². The molecule has 0 aliphatic carbocycles. The fourth-order valence-corrected chi connectivity index (χ4v) is 7.10. The first-order valence-corrected chi connectivity index (χ1v) is 25.6. The lowest BCUT2D eigenvalue weighted by molar-refractivity contribution is 0.0882. The maximum Gasteiger partial charge on any atom is 0.251 e. The van der Waals surface area contributed by atoms with E-state index in [4.69, 9.17) is 28.9 Å². The van der Waals surface area contributed by atoms with Gasteiger partial charge in [-0.05, 0) is 49.7 Å². The number of amides is 1. The largest absolute Gasteiger partial charge is 0.495 e. The van der Waals surface area contributed by atoms with Gasteiger partial charge in [-0.2, -0.15) is 9.97 Å². The van der Waals surface area contributed by atoms with Crippen molar-refractivity contribution in [3.05, 3.63) is 66.6 Å². The molecule has 53 heavy (non-hydrogen) atoms. The summed E-state index contributed by atoms with van der Waals surface area (Å²) < 4.78 is 28.4. The number of aromatic nitrogens is 5. The van der Waals surface area contributed by atoms with Gasteiger partial charge < -0.3 is 38.7 Å². The van der Waals surface area contributed by atoms with Gasteiger partial charge >= 0.3 is 0 Å². The van der Waals surface area contributed by atoms with Crippen molar-refractivity contribution in [1.29, 1.82) is 0 Å². The first-order valence-electron chi connectivity index (χ1n) is 18.2. The average Bonchev–Trinajstić information content (AvgIpc) is 3.72. The van der Waals surface area contributed by atoms with Crippen LogP contribution in [0.25, 0.3) is 33.5 Å². The molecule has 0 fully saturated rings. The van der Waals surface area contributed by atoms with E-state index in [0.717, 1.165) is 46.6 Å². The third-order valence-electron chi connectivity index (χ3n) is 8.59. The second-order valence-corrected chi connectivity index (χ2v) is 27.1. The molecule has 3 heterocycles. The van der Waals surface area contributed by atoms with Crippen LogP contribution in [0.4, 0.5) is 11.6 Å². The zero-order chi connectivity index (χ0) is 38.3. The van der Waals surface area contributed by atoms with Crippen molar-refractivity contribution in [3.63, 3.8) is 0 Å². The highest BCUT2D eigenvalue weighted by Gasteiger charge is 2.22. The smallest absolute Gasteiger partial charge is 0.251 e. The summed E-state index contributed by atoms with van der Waals surface area (Å²) in [5, 5.41) is 6.74. The van der Waals surface area contributed by atoms with Crippen molar-refractivity contribution in [2.24, 2.45) is 0 Å². The summed E-state index contributed by atoms with van der Waals surface area (Å²) in [6.07, 6.45) is 5.68. The van der Waals surface area contributed by atoms with Crippen molar-refractivity contribution in [3.8, 4) is 34.1 Å². The average molecular weight is 758 g/mol. The van der Waals surface area contributed by atoms with E-state index in [9.17, 15) is 4.79 Å². The number of fused-ring (bicyclic) bond motifs is 1. The van der Waals surface area contributed by atoms with Crippen molar-refractivity contribution in [1.82, 2.24) is 29.4 Å². The molecule has 1 amide bonds. The predicted octanol–water partition coefficient (Wildman–Crippen LogP) is 8.49. The summed E-state index contributed by atoms with van der Waals surface area (Å²) in [5.74, 6) is 1.88. The number of ether oxygens (including phenoxy) is 4. The number of hydrogen-bond donors (Lipinski definition) is 2. The molecule has 14 heteroatoms. The van der Waals surface area contributed by atoms with E-state index >= 15 is 0 Å². The van der Waals surface area contributed by atoms with Gasteiger partial charge in [-0.3, -0.25) is 4.79 Å². The second kappa shape index (κ2) is 17.1. The second-order valence-electron chi connectivity index (χ2n) is 15.8. The van der Waals surface area contributed by atoms with E-state index in [1.165, 1.54) is 0 Å². The Morgan fingerprint density at radius 3 is 2.11 bits per heavy atom. The molecule has 3 aromatic heterocycles. The van der Waals surface area contributed by atoms with E-state index in [2.05, 4.69) is 85.4 Å². The quantitative estimate of drug-likeness (QED) is 0.0669. The summed E-state index contributed by atoms with van der Waals surface area (Å²) in [7, 11) is 0.689. The van der Waals surface area contributed by atoms with Crippen LogP contribution >= 0.6 is 0 Å². The van der Waals surface area contributed by atoms with Gasteiger partial charge in [-0.25, -0.2) is 4.98 Å². The first-order chi connectivity index (χ1) is 25.2. The summed E-state index contributed by atoms with van der Waals surface area (Å²) in [5.41, 5.74) is 4.64. The Balaban J connectivity index is 1.52. The normalized spacial score (nSPS) is 12.1. The number of hydrogen-bond acceptors (Lipinski definition) is 9. The standard InChI is InChI=1S/C39H55N7O5Si2/c1-27(2)51-38-34-31(28-11-13-29(14-12-28)35-41-17-18-45(35)25-49-19-21-52(5,6)7)24-46(26-50-20-22-53(8,9)10)36(34)43-39(44-38)42-32-16-15-30(37(47)40-3)23-33(32)48-4/h11-18,23-24,27H,19-22,25-26H2,1-10H3,(H,40,47)(H,42,43,44). The summed E-state index contributed by atoms with van der Waals surface area (Å²) in [6.45, 7) is 20.2. The van der Waals surface area contributed by atoms with E-state index in [1.807, 2.05) is 35.4 Å². The van der Waals surface area contributed by atoms with Crippen LogP contribution < -0.4 is 20.1 Å². The van der Waals surface area contributed by atoms with E-state index in [0.29, 0.717) is 54.5 Å². The molecule has 2 aromatic carbocycles. The molecule has 284 valence electrons. The van der Waals surface area contributed by atoms with Gasteiger partial charge in [0, 0.05) is 71.7 Å². The van der Waals surface area contributed by atoms with Crippen LogP contribution in [0.2, 0.25) is 51.4 Å². The highest BCUT2D eigenvalue weighted by molar-refractivity contribution is 6.76. The molecule has 0 saturated carbocycles. The van der Waals surface area contributed by atoms with Crippen LogP contribution in [-0.2, 0) is 22.9 Å². The fourth-order valence-electron chi connectivity index (χ4n) is 5.59. The van der Waals surface area contributed by atoms with Gasteiger partial charge in [-0.1, -0.05) is 63.5 Å². The third-order valence-corrected chi connectivity index (χ3v) is 12.0. The van der Waals surface area contributed by atoms with Crippen molar-refractivity contribution >= 4 is 44.7 Å². The lowest BCUT2D eigenvalue weighted by atomic mass is 10.0. The topological polar surface area (TPSA) is 127 Å². The molecule has 0 saturated heterocycles. The van der Waals surface area contributed by atoms with Gasteiger partial charge in [0.1, 0.15) is 25.0 Å². The molecule has 0 unspecified atom stereocenters. The number of imidazole rings is 1. The Bertz CT molecular complexity index is 2000. The zero-order valence-corrected chi connectivity index (χ0v) is 34.9. The van der Waals surface area contributed by atoms with E-state index < -0.39 is 16.1 Å². The van der Waals surface area contributed by atoms with Gasteiger partial charge in [0.2, 0.25) is 11.8 Å². The zero-order valence-electron chi connectivity index (χ0n) is 32.9. The summed E-state index contributed by atoms with van der Waals surface area (Å²) in [4.78, 5) is 26.8. The molecule has 5 aromatic rings. The van der Waals surface area contributed by atoms with Gasteiger partial charge in [0.15, 0.2) is 5.65 Å². The van der Waals surface area contributed by atoms with Gasteiger partial charge in [0.05, 0.1) is 24.3 Å². The minimum Gasteiger partial charge on any atom is -0.495 e. The highest BCUT2D eigenvalue weighted by Crippen LogP contribution is 2.38. The number of nitrogens with one attached hydrogen (secondary N) is 2. The molecule has 0 spiro atoms. The van der Waals surface area contributed by atoms with Crippen LogP contribution in [0.15, 0.2) is 61.1 Å². The SMILES string of the molecule is CNC(=O)c1ccc(Nc2nc(OC(C)C)c3c(-c4ccc(-c5nccn5COCC[Si](C)(C)C)cc4)cn(COCC[Si](C)(C)C)c3n2)c(OC)c1. The number of benzene rings is 2. The van der Waals surface area contributed by atoms with Crippen molar-refractivity contribution < 1.29 is 23.7 Å². The van der Waals surface area contributed by atoms with Crippen molar-refractivity contribution in [2.45, 2.75) is 84.8 Å². The number of nitrogens with zero attached hydrogens (tertiary/aromatic N) is 5. The number of methoxy groups -OCH3 is 1. The number of carbonyl (C=O) groups is 1. The molecule has 0 aliphatic heterocycles. The molecule has 0 aliphatic rings.